The third-order valence-corrected chi connectivity index (χ3v) is 4.19. The number of pyridine rings is 1. The molecule has 0 aliphatic carbocycles. The van der Waals surface area contributed by atoms with Gasteiger partial charge in [0.1, 0.15) is 0 Å². The number of benzene rings is 1. The number of hydrogen-bond acceptors (Lipinski definition) is 3. The van der Waals surface area contributed by atoms with E-state index in [2.05, 4.69) is 52.5 Å². The molecule has 0 amide bonds. The van der Waals surface area contributed by atoms with Crippen molar-refractivity contribution in [3.05, 3.63) is 65.0 Å². The van der Waals surface area contributed by atoms with Gasteiger partial charge in [-0.05, 0) is 48.3 Å². The highest BCUT2D eigenvalue weighted by Gasteiger charge is 2.14. The molecule has 1 aliphatic heterocycles. The maximum Gasteiger partial charge on any atom is 0.0544 e. The van der Waals surface area contributed by atoms with Crippen molar-refractivity contribution < 1.29 is 0 Å². The van der Waals surface area contributed by atoms with Gasteiger partial charge in [0, 0.05) is 25.8 Å². The smallest absolute Gasteiger partial charge is 0.0544 e. The van der Waals surface area contributed by atoms with Gasteiger partial charge in [0.25, 0.3) is 0 Å². The molecule has 3 rings (SSSR count). The summed E-state index contributed by atoms with van der Waals surface area (Å²) in [5.41, 5.74) is 5.64. The lowest BCUT2D eigenvalue weighted by Crippen LogP contribution is -2.27. The maximum atomic E-state index is 4.44. The number of hydrogen-bond donors (Lipinski definition) is 1. The van der Waals surface area contributed by atoms with Crippen LogP contribution in [0.5, 0.6) is 0 Å². The summed E-state index contributed by atoms with van der Waals surface area (Å²) in [5, 5.41) is 3.45. The Morgan fingerprint density at radius 1 is 1.14 bits per heavy atom. The van der Waals surface area contributed by atoms with Crippen LogP contribution in [-0.2, 0) is 26.1 Å². The molecule has 0 radical (unpaired) electrons. The van der Waals surface area contributed by atoms with Gasteiger partial charge in [0.15, 0.2) is 0 Å². The molecule has 1 N–H and O–H groups in total. The van der Waals surface area contributed by atoms with Gasteiger partial charge in [-0.3, -0.25) is 9.88 Å². The number of aromatic nitrogens is 1. The average molecular weight is 281 g/mol. The Balaban J connectivity index is 1.75. The lowest BCUT2D eigenvalue weighted by Gasteiger charge is -2.25. The van der Waals surface area contributed by atoms with Crippen LogP contribution in [-0.4, -0.2) is 23.0 Å². The summed E-state index contributed by atoms with van der Waals surface area (Å²) in [6.45, 7) is 7.29. The topological polar surface area (TPSA) is 28.2 Å². The monoisotopic (exact) mass is 281 g/mol. The molecule has 0 saturated heterocycles. The second-order valence-corrected chi connectivity index (χ2v) is 5.61. The molecule has 0 unspecified atom stereocenters. The molecule has 1 aliphatic rings. The first-order valence-corrected chi connectivity index (χ1v) is 7.79. The van der Waals surface area contributed by atoms with E-state index in [0.29, 0.717) is 0 Å². The van der Waals surface area contributed by atoms with E-state index in [1.807, 2.05) is 12.3 Å². The first-order chi connectivity index (χ1) is 10.4. The van der Waals surface area contributed by atoms with E-state index >= 15 is 0 Å². The van der Waals surface area contributed by atoms with Crippen LogP contribution in [0.4, 0.5) is 0 Å². The lowest BCUT2D eigenvalue weighted by atomic mass is 9.95. The van der Waals surface area contributed by atoms with Gasteiger partial charge in [0.2, 0.25) is 0 Å². The third kappa shape index (κ3) is 3.49. The van der Waals surface area contributed by atoms with Crippen LogP contribution < -0.4 is 5.32 Å². The molecule has 0 fully saturated rings. The van der Waals surface area contributed by atoms with Gasteiger partial charge in [0.05, 0.1) is 5.69 Å². The largest absolute Gasteiger partial charge is 0.312 e. The van der Waals surface area contributed by atoms with Crippen LogP contribution in [0.15, 0.2) is 42.6 Å². The summed E-state index contributed by atoms with van der Waals surface area (Å²) >= 11 is 0. The minimum Gasteiger partial charge on any atom is -0.312 e. The van der Waals surface area contributed by atoms with Crippen LogP contribution in [0.1, 0.15) is 29.3 Å². The van der Waals surface area contributed by atoms with Crippen molar-refractivity contribution >= 4 is 0 Å². The zero-order valence-corrected chi connectivity index (χ0v) is 12.7. The third-order valence-electron chi connectivity index (χ3n) is 4.19. The molecule has 21 heavy (non-hydrogen) atoms. The summed E-state index contributed by atoms with van der Waals surface area (Å²) in [6, 6.07) is 12.9. The molecule has 0 bridgehead atoms. The van der Waals surface area contributed by atoms with Crippen molar-refractivity contribution in [2.24, 2.45) is 0 Å². The highest BCUT2D eigenvalue weighted by Crippen LogP contribution is 2.20. The SMILES string of the molecule is CCN(Cc1ccccn1)Cc1cccc2c1CCNC2. The second-order valence-electron chi connectivity index (χ2n) is 5.61. The van der Waals surface area contributed by atoms with Gasteiger partial charge < -0.3 is 5.32 Å². The molecule has 0 spiro atoms. The van der Waals surface area contributed by atoms with E-state index in [4.69, 9.17) is 0 Å². The molecule has 1 aromatic heterocycles. The van der Waals surface area contributed by atoms with E-state index in [1.165, 1.54) is 11.1 Å². The standard InChI is InChI=1S/C18H23N3/c1-2-21(14-17-8-3-4-10-20-17)13-16-7-5-6-15-12-19-11-9-18(15)16/h3-8,10,19H,2,9,11-14H2,1H3. The van der Waals surface area contributed by atoms with Crippen molar-refractivity contribution in [3.8, 4) is 0 Å². The van der Waals surface area contributed by atoms with E-state index < -0.39 is 0 Å². The molecular formula is C18H23N3. The first kappa shape index (κ1) is 14.2. The fourth-order valence-corrected chi connectivity index (χ4v) is 3.00. The van der Waals surface area contributed by atoms with Gasteiger partial charge in [-0.1, -0.05) is 31.2 Å². The number of fused-ring (bicyclic) bond motifs is 1. The molecular weight excluding hydrogens is 258 g/mol. The van der Waals surface area contributed by atoms with Crippen LogP contribution in [0.25, 0.3) is 0 Å². The average Bonchev–Trinajstić information content (AvgIpc) is 2.55. The summed E-state index contributed by atoms with van der Waals surface area (Å²) in [6.07, 6.45) is 3.02. The summed E-state index contributed by atoms with van der Waals surface area (Å²) in [4.78, 5) is 6.90. The Kier molecular flexibility index (Phi) is 4.63. The van der Waals surface area contributed by atoms with Crippen molar-refractivity contribution in [2.45, 2.75) is 33.0 Å². The Labute approximate surface area is 127 Å². The Hall–Kier alpha value is -1.71. The first-order valence-electron chi connectivity index (χ1n) is 7.79. The van der Waals surface area contributed by atoms with E-state index in [-0.39, 0.29) is 0 Å². The maximum absolute atomic E-state index is 4.44. The molecule has 3 nitrogen and oxygen atoms in total. The van der Waals surface area contributed by atoms with Gasteiger partial charge >= 0.3 is 0 Å². The molecule has 110 valence electrons. The van der Waals surface area contributed by atoms with Crippen molar-refractivity contribution in [2.75, 3.05) is 13.1 Å². The van der Waals surface area contributed by atoms with Crippen LogP contribution >= 0.6 is 0 Å². The normalized spacial score (nSPS) is 14.2. The zero-order valence-electron chi connectivity index (χ0n) is 12.7. The fraction of sp³-hybridized carbons (Fsp3) is 0.389. The van der Waals surface area contributed by atoms with Crippen molar-refractivity contribution in [1.82, 2.24) is 15.2 Å². The van der Waals surface area contributed by atoms with E-state index in [1.54, 1.807) is 5.56 Å². The van der Waals surface area contributed by atoms with Crippen LogP contribution in [0, 0.1) is 0 Å². The number of rotatable bonds is 5. The molecule has 2 aromatic rings. The fourth-order valence-electron chi connectivity index (χ4n) is 3.00. The molecule has 1 aromatic carbocycles. The Bertz CT molecular complexity index is 580. The quantitative estimate of drug-likeness (QED) is 0.913. The Morgan fingerprint density at radius 3 is 2.90 bits per heavy atom. The number of nitrogens with one attached hydrogen (secondary N) is 1. The van der Waals surface area contributed by atoms with Gasteiger partial charge in [-0.15, -0.1) is 0 Å². The van der Waals surface area contributed by atoms with Crippen molar-refractivity contribution in [1.29, 1.82) is 0 Å². The highest BCUT2D eigenvalue weighted by atomic mass is 15.1. The van der Waals surface area contributed by atoms with Crippen molar-refractivity contribution in [3.63, 3.8) is 0 Å². The Morgan fingerprint density at radius 2 is 2.10 bits per heavy atom. The lowest BCUT2D eigenvalue weighted by molar-refractivity contribution is 0.267. The predicted molar refractivity (Wildman–Crippen MR) is 85.9 cm³/mol. The van der Waals surface area contributed by atoms with Gasteiger partial charge in [-0.25, -0.2) is 0 Å². The minimum atomic E-state index is 0.916. The van der Waals surface area contributed by atoms with Crippen LogP contribution in [0.2, 0.25) is 0 Å². The molecule has 2 heterocycles. The summed E-state index contributed by atoms with van der Waals surface area (Å²) < 4.78 is 0. The van der Waals surface area contributed by atoms with Gasteiger partial charge in [-0.2, -0.15) is 0 Å². The molecule has 3 heteroatoms. The predicted octanol–water partition coefficient (Wildman–Crippen LogP) is 2.75. The van der Waals surface area contributed by atoms with E-state index in [9.17, 15) is 0 Å². The second kappa shape index (κ2) is 6.83. The molecule has 0 atom stereocenters. The highest BCUT2D eigenvalue weighted by molar-refractivity contribution is 5.37. The molecule has 0 saturated carbocycles. The van der Waals surface area contributed by atoms with E-state index in [0.717, 1.165) is 44.8 Å². The summed E-state index contributed by atoms with van der Waals surface area (Å²) in [7, 11) is 0. The zero-order chi connectivity index (χ0) is 14.5. The number of nitrogens with zero attached hydrogens (tertiary/aromatic N) is 2. The van der Waals surface area contributed by atoms with Crippen LogP contribution in [0.3, 0.4) is 0 Å². The minimum absolute atomic E-state index is 0.916. The summed E-state index contributed by atoms with van der Waals surface area (Å²) in [5.74, 6) is 0.